The third kappa shape index (κ3) is 2.87. The van der Waals surface area contributed by atoms with Crippen LogP contribution in [-0.2, 0) is 7.05 Å². The summed E-state index contributed by atoms with van der Waals surface area (Å²) >= 11 is 0. The molecule has 0 aliphatic rings. The minimum atomic E-state index is 0.832. The normalized spacial score (nSPS) is 11.0. The van der Waals surface area contributed by atoms with E-state index in [4.69, 9.17) is 0 Å². The Morgan fingerprint density at radius 1 is 1.08 bits per heavy atom. The van der Waals surface area contributed by atoms with Crippen molar-refractivity contribution in [3.05, 3.63) is 73.2 Å². The SMILES string of the molecule is CCN(c1cccc(-c2[c]cccc2)c1)c1cc2c(cn1)ncn2C. The number of aromatic nitrogens is 3. The Morgan fingerprint density at radius 3 is 2.80 bits per heavy atom. The number of rotatable bonds is 4. The maximum Gasteiger partial charge on any atom is 0.135 e. The summed E-state index contributed by atoms with van der Waals surface area (Å²) in [5.41, 5.74) is 5.35. The van der Waals surface area contributed by atoms with Crippen molar-refractivity contribution in [1.82, 2.24) is 14.5 Å². The molecule has 0 unspecified atom stereocenters. The standard InChI is InChI=1S/C21H19N4/c1-3-25(21-13-20-19(14-22-21)23-15-24(20)2)18-11-7-10-17(12-18)16-8-5-4-6-9-16/h4-8,10-15H,3H2,1-2H3. The average molecular weight is 327 g/mol. The topological polar surface area (TPSA) is 34.0 Å². The summed E-state index contributed by atoms with van der Waals surface area (Å²) in [6, 6.07) is 21.9. The smallest absolute Gasteiger partial charge is 0.135 e. The van der Waals surface area contributed by atoms with Gasteiger partial charge in [0.05, 0.1) is 18.0 Å². The minimum absolute atomic E-state index is 0.832. The highest BCUT2D eigenvalue weighted by molar-refractivity contribution is 5.79. The summed E-state index contributed by atoms with van der Waals surface area (Å²) in [5.74, 6) is 0.924. The Hall–Kier alpha value is -3.14. The molecule has 0 bridgehead atoms. The predicted molar refractivity (Wildman–Crippen MR) is 102 cm³/mol. The Kier molecular flexibility index (Phi) is 3.94. The van der Waals surface area contributed by atoms with E-state index in [2.05, 4.69) is 64.3 Å². The van der Waals surface area contributed by atoms with Crippen LogP contribution in [0.2, 0.25) is 0 Å². The maximum absolute atomic E-state index is 4.61. The average Bonchev–Trinajstić information content (AvgIpc) is 3.04. The van der Waals surface area contributed by atoms with Crippen LogP contribution >= 0.6 is 0 Å². The van der Waals surface area contributed by atoms with Gasteiger partial charge < -0.3 is 9.47 Å². The lowest BCUT2D eigenvalue weighted by atomic mass is 10.0. The molecule has 0 spiro atoms. The van der Waals surface area contributed by atoms with Gasteiger partial charge in [0.1, 0.15) is 11.3 Å². The molecule has 4 heteroatoms. The van der Waals surface area contributed by atoms with Crippen LogP contribution in [0.3, 0.4) is 0 Å². The van der Waals surface area contributed by atoms with Gasteiger partial charge in [-0.25, -0.2) is 9.97 Å². The molecule has 0 fully saturated rings. The van der Waals surface area contributed by atoms with E-state index in [1.807, 2.05) is 42.3 Å². The number of anilines is 2. The number of aryl methyl sites for hydroxylation is 1. The number of hydrogen-bond acceptors (Lipinski definition) is 3. The molecule has 0 atom stereocenters. The summed E-state index contributed by atoms with van der Waals surface area (Å²) in [7, 11) is 2.00. The quantitative estimate of drug-likeness (QED) is 0.549. The van der Waals surface area contributed by atoms with Crippen LogP contribution in [0.15, 0.2) is 67.1 Å². The molecule has 123 valence electrons. The molecule has 2 heterocycles. The van der Waals surface area contributed by atoms with Gasteiger partial charge in [0.15, 0.2) is 0 Å². The fourth-order valence-corrected chi connectivity index (χ4v) is 3.06. The Morgan fingerprint density at radius 2 is 2.00 bits per heavy atom. The van der Waals surface area contributed by atoms with Crippen molar-refractivity contribution >= 4 is 22.5 Å². The van der Waals surface area contributed by atoms with Crippen molar-refractivity contribution in [3.63, 3.8) is 0 Å². The minimum Gasteiger partial charge on any atom is -0.334 e. The van der Waals surface area contributed by atoms with Crippen molar-refractivity contribution in [1.29, 1.82) is 0 Å². The molecule has 4 nitrogen and oxygen atoms in total. The molecule has 4 rings (SSSR count). The first-order chi connectivity index (χ1) is 12.3. The molecule has 2 aromatic heterocycles. The largest absolute Gasteiger partial charge is 0.334 e. The van der Waals surface area contributed by atoms with Crippen molar-refractivity contribution in [2.24, 2.45) is 7.05 Å². The molecule has 25 heavy (non-hydrogen) atoms. The Bertz CT molecular complexity index is 1000. The Labute approximate surface area is 147 Å². The molecule has 0 amide bonds. The molecule has 0 saturated heterocycles. The van der Waals surface area contributed by atoms with Crippen molar-refractivity contribution < 1.29 is 0 Å². The number of imidazole rings is 1. The first kappa shape index (κ1) is 15.4. The molecule has 0 saturated carbocycles. The van der Waals surface area contributed by atoms with Gasteiger partial charge in [0.2, 0.25) is 0 Å². The number of nitrogens with zero attached hydrogens (tertiary/aromatic N) is 4. The van der Waals surface area contributed by atoms with Gasteiger partial charge in [-0.2, -0.15) is 0 Å². The second-order valence-corrected chi connectivity index (χ2v) is 5.96. The van der Waals surface area contributed by atoms with Crippen LogP contribution < -0.4 is 4.90 Å². The molecule has 1 radical (unpaired) electrons. The Balaban J connectivity index is 1.76. The highest BCUT2D eigenvalue weighted by atomic mass is 15.2. The number of hydrogen-bond donors (Lipinski definition) is 0. The number of fused-ring (bicyclic) bond motifs is 1. The predicted octanol–water partition coefficient (Wildman–Crippen LogP) is 4.59. The summed E-state index contributed by atoms with van der Waals surface area (Å²) in [5, 5.41) is 0. The van der Waals surface area contributed by atoms with Crippen LogP contribution in [0, 0.1) is 6.07 Å². The van der Waals surface area contributed by atoms with E-state index < -0.39 is 0 Å². The second-order valence-electron chi connectivity index (χ2n) is 5.96. The highest BCUT2D eigenvalue weighted by Crippen LogP contribution is 2.29. The van der Waals surface area contributed by atoms with Crippen LogP contribution in [0.5, 0.6) is 0 Å². The van der Waals surface area contributed by atoms with E-state index in [1.165, 1.54) is 0 Å². The lowest BCUT2D eigenvalue weighted by Crippen LogP contribution is -2.17. The molecule has 2 aromatic carbocycles. The van der Waals surface area contributed by atoms with Gasteiger partial charge in [-0.3, -0.25) is 0 Å². The van der Waals surface area contributed by atoms with Gasteiger partial charge in [-0.1, -0.05) is 36.4 Å². The fourth-order valence-electron chi connectivity index (χ4n) is 3.06. The maximum atomic E-state index is 4.61. The lowest BCUT2D eigenvalue weighted by Gasteiger charge is -2.23. The third-order valence-electron chi connectivity index (χ3n) is 4.37. The molecule has 4 aromatic rings. The molecule has 0 N–H and O–H groups in total. The fraction of sp³-hybridized carbons (Fsp3) is 0.143. The van der Waals surface area contributed by atoms with Gasteiger partial charge >= 0.3 is 0 Å². The molecular weight excluding hydrogens is 308 g/mol. The van der Waals surface area contributed by atoms with E-state index in [1.54, 1.807) is 0 Å². The van der Waals surface area contributed by atoms with Crippen molar-refractivity contribution in [2.75, 3.05) is 11.4 Å². The van der Waals surface area contributed by atoms with E-state index in [9.17, 15) is 0 Å². The molecular formula is C21H19N4. The summed E-state index contributed by atoms with van der Waals surface area (Å²) < 4.78 is 2.02. The molecule has 0 aliphatic carbocycles. The van der Waals surface area contributed by atoms with Crippen molar-refractivity contribution in [2.45, 2.75) is 6.92 Å². The monoisotopic (exact) mass is 327 g/mol. The van der Waals surface area contributed by atoms with Crippen LogP contribution in [0.1, 0.15) is 6.92 Å². The summed E-state index contributed by atoms with van der Waals surface area (Å²) in [6.07, 6.45) is 3.65. The summed E-state index contributed by atoms with van der Waals surface area (Å²) in [6.45, 7) is 2.97. The van der Waals surface area contributed by atoms with Gasteiger partial charge in [0, 0.05) is 25.3 Å². The van der Waals surface area contributed by atoms with Gasteiger partial charge in [0.25, 0.3) is 0 Å². The van der Waals surface area contributed by atoms with Gasteiger partial charge in [-0.15, -0.1) is 0 Å². The zero-order valence-corrected chi connectivity index (χ0v) is 14.3. The third-order valence-corrected chi connectivity index (χ3v) is 4.37. The van der Waals surface area contributed by atoms with Crippen LogP contribution in [0.4, 0.5) is 11.5 Å². The van der Waals surface area contributed by atoms with Crippen LogP contribution in [0.25, 0.3) is 22.2 Å². The zero-order valence-electron chi connectivity index (χ0n) is 14.3. The van der Waals surface area contributed by atoms with E-state index in [0.29, 0.717) is 0 Å². The molecule has 0 aliphatic heterocycles. The number of pyridine rings is 1. The lowest BCUT2D eigenvalue weighted by molar-refractivity contribution is 0.944. The first-order valence-electron chi connectivity index (χ1n) is 8.38. The van der Waals surface area contributed by atoms with E-state index >= 15 is 0 Å². The highest BCUT2D eigenvalue weighted by Gasteiger charge is 2.12. The second kappa shape index (κ2) is 6.40. The van der Waals surface area contributed by atoms with Crippen molar-refractivity contribution in [3.8, 4) is 11.1 Å². The van der Waals surface area contributed by atoms with E-state index in [0.717, 1.165) is 40.2 Å². The summed E-state index contributed by atoms with van der Waals surface area (Å²) in [4.78, 5) is 11.2. The number of benzene rings is 2. The first-order valence-corrected chi connectivity index (χ1v) is 8.38. The van der Waals surface area contributed by atoms with Crippen LogP contribution in [-0.4, -0.2) is 21.1 Å². The zero-order chi connectivity index (χ0) is 17.2. The van der Waals surface area contributed by atoms with E-state index in [-0.39, 0.29) is 0 Å². The van der Waals surface area contributed by atoms with Gasteiger partial charge in [-0.05, 0) is 36.2 Å².